The van der Waals surface area contributed by atoms with Gasteiger partial charge in [-0.1, -0.05) is 151 Å². The highest BCUT2D eigenvalue weighted by Gasteiger charge is 2.43. The summed E-state index contributed by atoms with van der Waals surface area (Å²) < 4.78 is 16.2. The zero-order chi connectivity index (χ0) is 38.6. The standard InChI is InChI=1S/C25H45NO5.C18H34O3/c1-5-7-8-9-10-11-12-13-14-15-20(17-23-21(6-2)24(28)31-23)30-25(29)22(26-18-27)16-19(3)4;1-3-5-6-7-8-9-10-11-12-13-15(19)14-17-16(4-2)18(20)21-17/h18-23H,5-17H2,1-4H3,(H,26,27);15-17,19H,3-14H2,1-2H3/t20-,21-,22-,23?;15-,16+,17+/m01/s1. The molecule has 0 aromatic heterocycles. The third-order valence-corrected chi connectivity index (χ3v) is 10.7. The molecule has 0 spiro atoms. The second kappa shape index (κ2) is 30.2. The van der Waals surface area contributed by atoms with Gasteiger partial charge in [-0.2, -0.15) is 0 Å². The third kappa shape index (κ3) is 20.9. The van der Waals surface area contributed by atoms with Crippen LogP contribution in [-0.2, 0) is 33.4 Å². The number of carbonyl (C=O) groups excluding carboxylic acids is 4. The van der Waals surface area contributed by atoms with Crippen LogP contribution in [0.25, 0.3) is 0 Å². The van der Waals surface area contributed by atoms with E-state index >= 15 is 0 Å². The molecular weight excluding hydrogens is 658 g/mol. The molecule has 1 amide bonds. The van der Waals surface area contributed by atoms with Crippen molar-refractivity contribution in [3.8, 4) is 0 Å². The van der Waals surface area contributed by atoms with Crippen LogP contribution in [0.1, 0.15) is 202 Å². The van der Waals surface area contributed by atoms with Crippen molar-refractivity contribution in [2.45, 2.75) is 233 Å². The maximum absolute atomic E-state index is 12.7. The topological polar surface area (TPSA) is 128 Å². The van der Waals surface area contributed by atoms with E-state index in [0.29, 0.717) is 25.7 Å². The molecule has 2 saturated heterocycles. The highest BCUT2D eigenvalue weighted by Crippen LogP contribution is 2.31. The van der Waals surface area contributed by atoms with Crippen molar-refractivity contribution in [2.24, 2.45) is 17.8 Å². The molecule has 9 nitrogen and oxygen atoms in total. The van der Waals surface area contributed by atoms with E-state index in [2.05, 4.69) is 19.2 Å². The normalized spacial score (nSPS) is 21.1. The molecule has 2 N–H and O–H groups in total. The third-order valence-electron chi connectivity index (χ3n) is 10.7. The second-order valence-corrected chi connectivity index (χ2v) is 15.9. The van der Waals surface area contributed by atoms with E-state index in [0.717, 1.165) is 44.9 Å². The number of aliphatic hydroxyl groups is 1. The van der Waals surface area contributed by atoms with Crippen molar-refractivity contribution in [1.82, 2.24) is 5.32 Å². The number of rotatable bonds is 32. The molecule has 0 aromatic carbocycles. The highest BCUT2D eigenvalue weighted by atomic mass is 16.6. The number of ether oxygens (including phenoxy) is 3. The quantitative estimate of drug-likeness (QED) is 0.0302. The molecule has 2 fully saturated rings. The maximum Gasteiger partial charge on any atom is 0.328 e. The largest absolute Gasteiger partial charge is 0.461 e. The minimum Gasteiger partial charge on any atom is -0.461 e. The monoisotopic (exact) mass is 738 g/mol. The Balaban J connectivity index is 0.000000560. The van der Waals surface area contributed by atoms with Crippen LogP contribution in [-0.4, -0.2) is 59.9 Å². The summed E-state index contributed by atoms with van der Waals surface area (Å²) in [6.45, 7) is 12.5. The minimum atomic E-state index is -0.631. The molecule has 0 aliphatic carbocycles. The Morgan fingerprint density at radius 3 is 1.52 bits per heavy atom. The Labute approximate surface area is 317 Å². The molecule has 0 aromatic rings. The molecule has 1 unspecified atom stereocenters. The SMILES string of the molecule is CCCCCCCCCCC[C@@H](CC1OC(=O)[C@H]1CC)OC(=O)[C@H](CC(C)C)NC=O.CCCCCCCCCCC[C@@H](O)C[C@@H]1OC(=O)[C@H]1CC. The van der Waals surface area contributed by atoms with Crippen LogP contribution >= 0.6 is 0 Å². The van der Waals surface area contributed by atoms with Crippen molar-refractivity contribution in [2.75, 3.05) is 0 Å². The van der Waals surface area contributed by atoms with Gasteiger partial charge >= 0.3 is 17.9 Å². The first-order valence-corrected chi connectivity index (χ1v) is 21.6. The van der Waals surface area contributed by atoms with Crippen molar-refractivity contribution < 1.29 is 38.5 Å². The lowest BCUT2D eigenvalue weighted by Crippen LogP contribution is -2.47. The molecular formula is C43H79NO8. The lowest BCUT2D eigenvalue weighted by molar-refractivity contribution is -0.190. The van der Waals surface area contributed by atoms with Crippen LogP contribution in [0.4, 0.5) is 0 Å². The molecule has 2 rings (SSSR count). The average Bonchev–Trinajstić information content (AvgIpc) is 3.09. The number of amides is 1. The minimum absolute atomic E-state index is 0.0303. The fraction of sp³-hybridized carbons (Fsp3) is 0.907. The highest BCUT2D eigenvalue weighted by molar-refractivity contribution is 5.79. The van der Waals surface area contributed by atoms with E-state index in [1.165, 1.54) is 96.3 Å². The summed E-state index contributed by atoms with van der Waals surface area (Å²) >= 11 is 0. The van der Waals surface area contributed by atoms with Gasteiger partial charge in [-0.05, 0) is 44.4 Å². The molecule has 2 aliphatic rings. The van der Waals surface area contributed by atoms with Crippen LogP contribution in [0.5, 0.6) is 0 Å². The molecule has 2 heterocycles. The Morgan fingerprint density at radius 2 is 1.12 bits per heavy atom. The molecule has 0 radical (unpaired) electrons. The fourth-order valence-electron chi connectivity index (χ4n) is 7.36. The zero-order valence-corrected chi connectivity index (χ0v) is 34.2. The van der Waals surface area contributed by atoms with E-state index in [1.54, 1.807) is 0 Å². The maximum atomic E-state index is 12.7. The van der Waals surface area contributed by atoms with Crippen molar-refractivity contribution in [3.05, 3.63) is 0 Å². The molecule has 9 heteroatoms. The summed E-state index contributed by atoms with van der Waals surface area (Å²) in [5.41, 5.74) is 0. The van der Waals surface area contributed by atoms with E-state index in [-0.39, 0.29) is 60.1 Å². The molecule has 0 saturated carbocycles. The van der Waals surface area contributed by atoms with Crippen LogP contribution in [0.2, 0.25) is 0 Å². The van der Waals surface area contributed by atoms with E-state index in [9.17, 15) is 24.3 Å². The number of hydrogen-bond acceptors (Lipinski definition) is 8. The van der Waals surface area contributed by atoms with Crippen molar-refractivity contribution in [3.63, 3.8) is 0 Å². The number of carbonyl (C=O) groups is 4. The summed E-state index contributed by atoms with van der Waals surface area (Å²) in [5.74, 6) is -0.427. The molecule has 2 aliphatic heterocycles. The van der Waals surface area contributed by atoms with Crippen molar-refractivity contribution >= 4 is 24.3 Å². The van der Waals surface area contributed by atoms with Gasteiger partial charge in [0.05, 0.1) is 17.9 Å². The number of aliphatic hydroxyl groups excluding tert-OH is 1. The first kappa shape index (κ1) is 47.9. The zero-order valence-electron chi connectivity index (χ0n) is 34.2. The van der Waals surface area contributed by atoms with E-state index in [4.69, 9.17) is 14.2 Å². The Kier molecular flexibility index (Phi) is 27.8. The lowest BCUT2D eigenvalue weighted by Gasteiger charge is -2.36. The summed E-state index contributed by atoms with van der Waals surface area (Å²) in [4.78, 5) is 46.4. The van der Waals surface area contributed by atoms with Gasteiger partial charge in [-0.25, -0.2) is 4.79 Å². The van der Waals surface area contributed by atoms with Gasteiger partial charge in [0.1, 0.15) is 24.4 Å². The predicted octanol–water partition coefficient (Wildman–Crippen LogP) is 9.93. The van der Waals surface area contributed by atoms with Crippen LogP contribution < -0.4 is 5.32 Å². The van der Waals surface area contributed by atoms with Gasteiger partial charge in [0.2, 0.25) is 6.41 Å². The number of hydrogen-bond donors (Lipinski definition) is 2. The van der Waals surface area contributed by atoms with Gasteiger partial charge in [-0.3, -0.25) is 14.4 Å². The number of nitrogens with one attached hydrogen (secondary N) is 1. The molecule has 52 heavy (non-hydrogen) atoms. The Hall–Kier alpha value is -2.16. The van der Waals surface area contributed by atoms with Gasteiger partial charge in [0, 0.05) is 12.8 Å². The number of cyclic esters (lactones) is 2. The molecule has 0 bridgehead atoms. The Bertz CT molecular complexity index is 942. The summed E-state index contributed by atoms with van der Waals surface area (Å²) in [6, 6.07) is -0.631. The smallest absolute Gasteiger partial charge is 0.328 e. The Morgan fingerprint density at radius 1 is 0.692 bits per heavy atom. The van der Waals surface area contributed by atoms with Gasteiger partial charge in [-0.15, -0.1) is 0 Å². The van der Waals surface area contributed by atoms with Gasteiger partial charge < -0.3 is 24.6 Å². The number of esters is 3. The van der Waals surface area contributed by atoms with Crippen LogP contribution in [0.15, 0.2) is 0 Å². The van der Waals surface area contributed by atoms with Crippen LogP contribution in [0.3, 0.4) is 0 Å². The summed E-state index contributed by atoms with van der Waals surface area (Å²) in [7, 11) is 0. The first-order chi connectivity index (χ1) is 25.1. The first-order valence-electron chi connectivity index (χ1n) is 21.6. The van der Waals surface area contributed by atoms with Gasteiger partial charge in [0.25, 0.3) is 0 Å². The van der Waals surface area contributed by atoms with E-state index in [1.807, 2.05) is 27.7 Å². The number of unbranched alkanes of at least 4 members (excludes halogenated alkanes) is 16. The second-order valence-electron chi connectivity index (χ2n) is 15.9. The van der Waals surface area contributed by atoms with Crippen LogP contribution in [0, 0.1) is 17.8 Å². The summed E-state index contributed by atoms with van der Waals surface area (Å²) in [5, 5.41) is 12.6. The lowest BCUT2D eigenvalue weighted by atomic mass is 9.88. The molecule has 7 atom stereocenters. The fourth-order valence-corrected chi connectivity index (χ4v) is 7.36. The predicted molar refractivity (Wildman–Crippen MR) is 209 cm³/mol. The van der Waals surface area contributed by atoms with Crippen molar-refractivity contribution in [1.29, 1.82) is 0 Å². The van der Waals surface area contributed by atoms with E-state index < -0.39 is 6.04 Å². The molecule has 304 valence electrons. The average molecular weight is 738 g/mol. The summed E-state index contributed by atoms with van der Waals surface area (Å²) in [6.07, 6.45) is 27.5. The van der Waals surface area contributed by atoms with Gasteiger partial charge in [0.15, 0.2) is 0 Å².